The molecule has 0 aromatic carbocycles. The van der Waals surface area contributed by atoms with Crippen molar-refractivity contribution in [3.05, 3.63) is 29.7 Å². The molecule has 0 fully saturated rings. The first kappa shape index (κ1) is 9.11. The maximum Gasteiger partial charge on any atom is 0.181 e. The third-order valence-electron chi connectivity index (χ3n) is 2.10. The molecule has 2 aromatic heterocycles. The molecule has 5 nitrogen and oxygen atoms in total. The van der Waals surface area contributed by atoms with E-state index in [1.165, 1.54) is 0 Å². The number of aryl methyl sites for hydroxylation is 1. The first-order valence-corrected chi connectivity index (χ1v) is 4.42. The second-order valence-electron chi connectivity index (χ2n) is 3.18. The highest BCUT2D eigenvalue weighted by Gasteiger charge is 2.12. The van der Waals surface area contributed by atoms with Gasteiger partial charge in [0.2, 0.25) is 0 Å². The van der Waals surface area contributed by atoms with Crippen LogP contribution < -0.4 is 5.73 Å². The monoisotopic (exact) mass is 192 g/mol. The van der Waals surface area contributed by atoms with Crippen LogP contribution in [0.5, 0.6) is 0 Å². The summed E-state index contributed by atoms with van der Waals surface area (Å²) in [7, 11) is 0. The lowest BCUT2D eigenvalue weighted by Crippen LogP contribution is -2.13. The normalized spacial score (nSPS) is 13.4. The van der Waals surface area contributed by atoms with E-state index in [0.717, 1.165) is 11.2 Å². The molecule has 0 saturated carbocycles. The molecule has 3 N–H and O–H groups in total. The van der Waals surface area contributed by atoms with E-state index < -0.39 is 6.10 Å². The minimum Gasteiger partial charge on any atom is -0.384 e. The number of aliphatic hydroxyl groups excluding tert-OH is 1. The molecule has 0 amide bonds. The van der Waals surface area contributed by atoms with Gasteiger partial charge in [0.15, 0.2) is 11.5 Å². The summed E-state index contributed by atoms with van der Waals surface area (Å²) in [5.74, 6) is 0.377. The third-order valence-corrected chi connectivity index (χ3v) is 2.10. The van der Waals surface area contributed by atoms with Gasteiger partial charge in [-0.1, -0.05) is 6.07 Å². The van der Waals surface area contributed by atoms with Crippen LogP contribution in [-0.4, -0.2) is 26.2 Å². The van der Waals surface area contributed by atoms with Crippen LogP contribution in [0.1, 0.15) is 17.5 Å². The summed E-state index contributed by atoms with van der Waals surface area (Å²) in [5.41, 5.74) is 7.11. The minimum atomic E-state index is -0.783. The second kappa shape index (κ2) is 3.36. The molecule has 0 spiro atoms. The van der Waals surface area contributed by atoms with E-state index >= 15 is 0 Å². The fourth-order valence-electron chi connectivity index (χ4n) is 1.30. The quantitative estimate of drug-likeness (QED) is 0.703. The number of aliphatic hydroxyl groups is 1. The Bertz CT molecular complexity index is 451. The van der Waals surface area contributed by atoms with E-state index in [1.54, 1.807) is 10.7 Å². The minimum absolute atomic E-state index is 0.135. The molecule has 2 heterocycles. The van der Waals surface area contributed by atoms with E-state index in [-0.39, 0.29) is 6.54 Å². The Hall–Kier alpha value is -1.46. The van der Waals surface area contributed by atoms with Crippen LogP contribution in [0.3, 0.4) is 0 Å². The SMILES string of the molecule is Cc1cccn2nc(C(O)CN)nc12. The number of nitrogens with zero attached hydrogens (tertiary/aromatic N) is 3. The Morgan fingerprint density at radius 3 is 3.07 bits per heavy atom. The predicted octanol–water partition coefficient (Wildman–Crippen LogP) is 0.0298. The summed E-state index contributed by atoms with van der Waals surface area (Å²) in [6.45, 7) is 2.08. The average molecular weight is 192 g/mol. The van der Waals surface area contributed by atoms with E-state index in [4.69, 9.17) is 5.73 Å². The Labute approximate surface area is 81.2 Å². The lowest BCUT2D eigenvalue weighted by Gasteiger charge is -1.98. The molecule has 2 rings (SSSR count). The van der Waals surface area contributed by atoms with Crippen molar-refractivity contribution < 1.29 is 5.11 Å². The van der Waals surface area contributed by atoms with Crippen LogP contribution in [-0.2, 0) is 0 Å². The molecule has 14 heavy (non-hydrogen) atoms. The van der Waals surface area contributed by atoms with Gasteiger partial charge in [0, 0.05) is 12.7 Å². The van der Waals surface area contributed by atoms with Gasteiger partial charge in [0.1, 0.15) is 6.10 Å². The van der Waals surface area contributed by atoms with Gasteiger partial charge in [-0.25, -0.2) is 9.50 Å². The van der Waals surface area contributed by atoms with Gasteiger partial charge in [-0.05, 0) is 18.6 Å². The highest BCUT2D eigenvalue weighted by atomic mass is 16.3. The van der Waals surface area contributed by atoms with Gasteiger partial charge in [-0.2, -0.15) is 0 Å². The largest absolute Gasteiger partial charge is 0.384 e. The highest BCUT2D eigenvalue weighted by Crippen LogP contribution is 2.11. The Morgan fingerprint density at radius 2 is 2.43 bits per heavy atom. The number of fused-ring (bicyclic) bond motifs is 1. The molecule has 0 aliphatic heterocycles. The number of pyridine rings is 1. The van der Waals surface area contributed by atoms with Crippen molar-refractivity contribution in [1.29, 1.82) is 0 Å². The summed E-state index contributed by atoms with van der Waals surface area (Å²) in [6.07, 6.45) is 1.01. The van der Waals surface area contributed by atoms with E-state index in [9.17, 15) is 5.11 Å². The van der Waals surface area contributed by atoms with Gasteiger partial charge in [-0.3, -0.25) is 0 Å². The van der Waals surface area contributed by atoms with Crippen molar-refractivity contribution in [2.24, 2.45) is 5.73 Å². The molecule has 1 atom stereocenters. The summed E-state index contributed by atoms with van der Waals surface area (Å²) < 4.78 is 1.64. The van der Waals surface area contributed by atoms with Gasteiger partial charge >= 0.3 is 0 Å². The number of rotatable bonds is 2. The first-order valence-electron chi connectivity index (χ1n) is 4.42. The van der Waals surface area contributed by atoms with Gasteiger partial charge in [-0.15, -0.1) is 5.10 Å². The molecule has 0 radical (unpaired) electrons. The first-order chi connectivity index (χ1) is 6.72. The number of hydrogen-bond acceptors (Lipinski definition) is 4. The zero-order valence-corrected chi connectivity index (χ0v) is 7.88. The Kier molecular flexibility index (Phi) is 2.18. The van der Waals surface area contributed by atoms with Crippen molar-refractivity contribution in [2.75, 3.05) is 6.54 Å². The van der Waals surface area contributed by atoms with E-state index in [0.29, 0.717) is 5.82 Å². The van der Waals surface area contributed by atoms with Crippen molar-refractivity contribution in [1.82, 2.24) is 14.6 Å². The molecule has 5 heteroatoms. The zero-order valence-electron chi connectivity index (χ0n) is 7.88. The third kappa shape index (κ3) is 1.36. The standard InChI is InChI=1S/C9H12N4O/c1-6-3-2-4-13-9(6)11-8(12-13)7(14)5-10/h2-4,7,14H,5,10H2,1H3. The Balaban J connectivity index is 2.56. The molecule has 2 aromatic rings. The highest BCUT2D eigenvalue weighted by molar-refractivity contribution is 5.45. The number of aromatic nitrogens is 3. The van der Waals surface area contributed by atoms with Crippen LogP contribution in [0, 0.1) is 6.92 Å². The summed E-state index contributed by atoms with van der Waals surface area (Å²) >= 11 is 0. The number of hydrogen-bond donors (Lipinski definition) is 2. The van der Waals surface area contributed by atoms with Gasteiger partial charge in [0.05, 0.1) is 0 Å². The molecule has 0 bridgehead atoms. The zero-order chi connectivity index (χ0) is 10.1. The average Bonchev–Trinajstić information content (AvgIpc) is 2.62. The molecule has 74 valence electrons. The smallest absolute Gasteiger partial charge is 0.181 e. The van der Waals surface area contributed by atoms with Crippen LogP contribution >= 0.6 is 0 Å². The lowest BCUT2D eigenvalue weighted by atomic mass is 10.3. The van der Waals surface area contributed by atoms with Crippen molar-refractivity contribution in [3.8, 4) is 0 Å². The molecule has 0 saturated heterocycles. The van der Waals surface area contributed by atoms with Gasteiger partial charge in [0.25, 0.3) is 0 Å². The Morgan fingerprint density at radius 1 is 1.64 bits per heavy atom. The molecular formula is C9H12N4O. The summed E-state index contributed by atoms with van der Waals surface area (Å²) in [5, 5.41) is 13.6. The van der Waals surface area contributed by atoms with Crippen LogP contribution in [0.4, 0.5) is 0 Å². The molecule has 0 aliphatic rings. The maximum atomic E-state index is 9.46. The fraction of sp³-hybridized carbons (Fsp3) is 0.333. The van der Waals surface area contributed by atoms with E-state index in [1.807, 2.05) is 19.1 Å². The van der Waals surface area contributed by atoms with Gasteiger partial charge < -0.3 is 10.8 Å². The molecule has 1 unspecified atom stereocenters. The molecule has 0 aliphatic carbocycles. The topological polar surface area (TPSA) is 76.4 Å². The van der Waals surface area contributed by atoms with Crippen LogP contribution in [0.15, 0.2) is 18.3 Å². The fourth-order valence-corrected chi connectivity index (χ4v) is 1.30. The van der Waals surface area contributed by atoms with E-state index in [2.05, 4.69) is 10.1 Å². The van der Waals surface area contributed by atoms with Crippen LogP contribution in [0.25, 0.3) is 5.65 Å². The van der Waals surface area contributed by atoms with Crippen LogP contribution in [0.2, 0.25) is 0 Å². The summed E-state index contributed by atoms with van der Waals surface area (Å²) in [4.78, 5) is 4.20. The number of nitrogens with two attached hydrogens (primary N) is 1. The summed E-state index contributed by atoms with van der Waals surface area (Å²) in [6, 6.07) is 3.83. The maximum absolute atomic E-state index is 9.46. The van der Waals surface area contributed by atoms with Crippen molar-refractivity contribution in [2.45, 2.75) is 13.0 Å². The lowest BCUT2D eigenvalue weighted by molar-refractivity contribution is 0.177. The second-order valence-corrected chi connectivity index (χ2v) is 3.18. The predicted molar refractivity (Wildman–Crippen MR) is 51.7 cm³/mol. The van der Waals surface area contributed by atoms with Crippen molar-refractivity contribution >= 4 is 5.65 Å². The molecular weight excluding hydrogens is 180 g/mol. The van der Waals surface area contributed by atoms with Crippen molar-refractivity contribution in [3.63, 3.8) is 0 Å².